The average Bonchev–Trinajstić information content (AvgIpc) is 2.46. The number of amides is 1. The van der Waals surface area contributed by atoms with Crippen LogP contribution < -0.4 is 4.74 Å². The maximum absolute atomic E-state index is 12.2. The minimum Gasteiger partial charge on any atom is -0.493 e. The molecule has 0 spiro atoms. The Balaban J connectivity index is 2.08. The molecule has 0 fully saturated rings. The second-order valence-electron chi connectivity index (χ2n) is 5.09. The van der Waals surface area contributed by atoms with Crippen LogP contribution in [-0.2, 0) is 9.59 Å². The van der Waals surface area contributed by atoms with E-state index < -0.39 is 12.0 Å². The quantitative estimate of drug-likeness (QED) is 0.912. The Bertz CT molecular complexity index is 514. The third-order valence-electron chi connectivity index (χ3n) is 3.84. The van der Waals surface area contributed by atoms with Gasteiger partial charge in [-0.05, 0) is 30.9 Å². The van der Waals surface area contributed by atoms with Gasteiger partial charge >= 0.3 is 5.97 Å². The van der Waals surface area contributed by atoms with Crippen LogP contribution in [0.4, 0.5) is 0 Å². The minimum atomic E-state index is -0.992. The highest BCUT2D eigenvalue weighted by molar-refractivity contribution is 5.83. The zero-order valence-electron chi connectivity index (χ0n) is 11.7. The van der Waals surface area contributed by atoms with Gasteiger partial charge in [-0.25, -0.2) is 4.79 Å². The molecule has 0 aliphatic carbocycles. The van der Waals surface area contributed by atoms with E-state index in [0.717, 1.165) is 17.7 Å². The average molecular weight is 277 g/mol. The number of carbonyl (C=O) groups excluding carboxylic acids is 1. The summed E-state index contributed by atoms with van der Waals surface area (Å²) in [7, 11) is 1.53. The van der Waals surface area contributed by atoms with E-state index in [9.17, 15) is 9.59 Å². The van der Waals surface area contributed by atoms with E-state index >= 15 is 0 Å². The van der Waals surface area contributed by atoms with Crippen LogP contribution in [0.2, 0.25) is 0 Å². The van der Waals surface area contributed by atoms with Gasteiger partial charge in [0.1, 0.15) is 11.8 Å². The van der Waals surface area contributed by atoms with Crippen molar-refractivity contribution in [1.29, 1.82) is 0 Å². The lowest BCUT2D eigenvalue weighted by atomic mass is 9.90. The van der Waals surface area contributed by atoms with Crippen molar-refractivity contribution >= 4 is 11.9 Å². The van der Waals surface area contributed by atoms with Crippen LogP contribution in [0.1, 0.15) is 31.2 Å². The van der Waals surface area contributed by atoms with Gasteiger partial charge in [0, 0.05) is 13.5 Å². The predicted octanol–water partition coefficient (Wildman–Crippen LogP) is 1.87. The fraction of sp³-hybridized carbons (Fsp3) is 0.467. The Morgan fingerprint density at radius 1 is 1.45 bits per heavy atom. The second kappa shape index (κ2) is 5.94. The fourth-order valence-corrected chi connectivity index (χ4v) is 2.36. The molecule has 0 aromatic heterocycles. The van der Waals surface area contributed by atoms with Crippen LogP contribution in [0.15, 0.2) is 24.3 Å². The van der Waals surface area contributed by atoms with Gasteiger partial charge in [-0.2, -0.15) is 0 Å². The fourth-order valence-electron chi connectivity index (χ4n) is 2.36. The van der Waals surface area contributed by atoms with Gasteiger partial charge in [-0.15, -0.1) is 0 Å². The van der Waals surface area contributed by atoms with Crippen molar-refractivity contribution in [2.24, 2.45) is 0 Å². The van der Waals surface area contributed by atoms with Crippen molar-refractivity contribution in [3.63, 3.8) is 0 Å². The maximum Gasteiger partial charge on any atom is 0.326 e. The van der Waals surface area contributed by atoms with Crippen molar-refractivity contribution < 1.29 is 19.4 Å². The first-order chi connectivity index (χ1) is 9.50. The van der Waals surface area contributed by atoms with E-state index in [1.807, 2.05) is 24.3 Å². The summed E-state index contributed by atoms with van der Waals surface area (Å²) < 4.78 is 5.56. The number of nitrogens with zero attached hydrogens (tertiary/aromatic N) is 1. The summed E-state index contributed by atoms with van der Waals surface area (Å²) in [5.41, 5.74) is 1.03. The van der Waals surface area contributed by atoms with Gasteiger partial charge in [-0.1, -0.05) is 18.2 Å². The number of benzene rings is 1. The molecule has 1 aliphatic rings. The van der Waals surface area contributed by atoms with Gasteiger partial charge in [0.2, 0.25) is 5.91 Å². The molecular formula is C15H19NO4. The summed E-state index contributed by atoms with van der Waals surface area (Å²) in [5, 5.41) is 8.95. The molecule has 1 N–H and O–H groups in total. The number of fused-ring (bicyclic) bond motifs is 1. The summed E-state index contributed by atoms with van der Waals surface area (Å²) in [6.07, 6.45) is 1.09. The van der Waals surface area contributed by atoms with Crippen LogP contribution in [0.25, 0.3) is 0 Å². The molecule has 0 saturated carbocycles. The molecule has 1 aliphatic heterocycles. The molecule has 0 unspecified atom stereocenters. The molecule has 108 valence electrons. The van der Waals surface area contributed by atoms with Crippen LogP contribution in [0.3, 0.4) is 0 Å². The summed E-state index contributed by atoms with van der Waals surface area (Å²) in [4.78, 5) is 24.4. The predicted molar refractivity (Wildman–Crippen MR) is 73.8 cm³/mol. The lowest BCUT2D eigenvalue weighted by Crippen LogP contribution is -2.40. The highest BCUT2D eigenvalue weighted by Gasteiger charge is 2.27. The summed E-state index contributed by atoms with van der Waals surface area (Å²) in [6.45, 7) is 2.10. The summed E-state index contributed by atoms with van der Waals surface area (Å²) in [6, 6.07) is 6.89. The molecule has 0 radical (unpaired) electrons. The zero-order chi connectivity index (χ0) is 14.7. The Labute approximate surface area is 118 Å². The summed E-state index contributed by atoms with van der Waals surface area (Å²) >= 11 is 0. The van der Waals surface area contributed by atoms with Gasteiger partial charge in [0.25, 0.3) is 0 Å². The molecule has 1 aromatic rings. The first-order valence-corrected chi connectivity index (χ1v) is 6.71. The van der Waals surface area contributed by atoms with Crippen LogP contribution in [-0.4, -0.2) is 41.6 Å². The van der Waals surface area contributed by atoms with Crippen molar-refractivity contribution in [2.45, 2.75) is 31.7 Å². The minimum absolute atomic E-state index is 0.0934. The standard InChI is InChI=1S/C15H19NO4/c1-10(15(18)19)16(2)14(17)9-11-7-8-20-13-6-4-3-5-12(11)13/h3-6,10-11H,7-9H2,1-2H3,(H,18,19)/t10-,11+/m1/s1. The van der Waals surface area contributed by atoms with E-state index in [4.69, 9.17) is 9.84 Å². The Morgan fingerprint density at radius 3 is 2.85 bits per heavy atom. The molecule has 0 saturated heterocycles. The first-order valence-electron chi connectivity index (χ1n) is 6.71. The van der Waals surface area contributed by atoms with E-state index in [-0.39, 0.29) is 11.8 Å². The Morgan fingerprint density at radius 2 is 2.15 bits per heavy atom. The maximum atomic E-state index is 12.2. The third-order valence-corrected chi connectivity index (χ3v) is 3.84. The number of carbonyl (C=O) groups is 2. The van der Waals surface area contributed by atoms with Crippen LogP contribution >= 0.6 is 0 Å². The number of para-hydroxylation sites is 1. The van der Waals surface area contributed by atoms with Gasteiger partial charge in [0.05, 0.1) is 6.61 Å². The molecule has 0 bridgehead atoms. The lowest BCUT2D eigenvalue weighted by Gasteiger charge is -2.28. The van der Waals surface area contributed by atoms with Crippen molar-refractivity contribution in [3.8, 4) is 5.75 Å². The van der Waals surface area contributed by atoms with Crippen molar-refractivity contribution in [3.05, 3.63) is 29.8 Å². The molecule has 5 nitrogen and oxygen atoms in total. The van der Waals surface area contributed by atoms with E-state index in [2.05, 4.69) is 0 Å². The SMILES string of the molecule is C[C@H](C(=O)O)N(C)C(=O)C[C@@H]1CCOc2ccccc21. The van der Waals surface area contributed by atoms with Crippen molar-refractivity contribution in [1.82, 2.24) is 4.90 Å². The lowest BCUT2D eigenvalue weighted by molar-refractivity contribution is -0.148. The topological polar surface area (TPSA) is 66.8 Å². The largest absolute Gasteiger partial charge is 0.493 e. The Kier molecular flexibility index (Phi) is 4.27. The molecule has 2 rings (SSSR count). The number of hydrogen-bond donors (Lipinski definition) is 1. The molecule has 2 atom stereocenters. The normalized spacial score (nSPS) is 18.6. The van der Waals surface area contributed by atoms with Gasteiger partial charge < -0.3 is 14.7 Å². The molecule has 1 aromatic carbocycles. The van der Waals surface area contributed by atoms with Gasteiger partial charge in [0.15, 0.2) is 0 Å². The highest BCUT2D eigenvalue weighted by Crippen LogP contribution is 2.35. The number of carboxylic acid groups (broad SMARTS) is 1. The number of likely N-dealkylation sites (N-methyl/N-ethyl adjacent to an activating group) is 1. The molecular weight excluding hydrogens is 258 g/mol. The van der Waals surface area contributed by atoms with E-state index in [1.165, 1.54) is 18.9 Å². The number of aliphatic carboxylic acids is 1. The monoisotopic (exact) mass is 277 g/mol. The highest BCUT2D eigenvalue weighted by atomic mass is 16.5. The van der Waals surface area contributed by atoms with Crippen molar-refractivity contribution in [2.75, 3.05) is 13.7 Å². The molecule has 1 heterocycles. The Hall–Kier alpha value is -2.04. The smallest absolute Gasteiger partial charge is 0.326 e. The molecule has 20 heavy (non-hydrogen) atoms. The van der Waals surface area contributed by atoms with Gasteiger partial charge in [-0.3, -0.25) is 4.79 Å². The zero-order valence-corrected chi connectivity index (χ0v) is 11.7. The summed E-state index contributed by atoms with van der Waals surface area (Å²) in [5.74, 6) is -0.226. The number of hydrogen-bond acceptors (Lipinski definition) is 3. The second-order valence-corrected chi connectivity index (χ2v) is 5.09. The molecule has 1 amide bonds. The van der Waals surface area contributed by atoms with E-state index in [1.54, 1.807) is 0 Å². The number of carboxylic acids is 1. The number of ether oxygens (including phenoxy) is 1. The third kappa shape index (κ3) is 2.92. The first kappa shape index (κ1) is 14.4. The van der Waals surface area contributed by atoms with Crippen LogP contribution in [0.5, 0.6) is 5.75 Å². The number of rotatable bonds is 4. The molecule has 5 heteroatoms. The van der Waals surface area contributed by atoms with E-state index in [0.29, 0.717) is 13.0 Å². The van der Waals surface area contributed by atoms with Crippen LogP contribution in [0, 0.1) is 0 Å².